The Morgan fingerprint density at radius 2 is 1.85 bits per heavy atom. The van der Waals surface area contributed by atoms with Crippen LogP contribution in [0, 0.1) is 13.8 Å². The van der Waals surface area contributed by atoms with Crippen molar-refractivity contribution in [2.45, 2.75) is 26.8 Å². The molecule has 4 nitrogen and oxygen atoms in total. The molecule has 1 heterocycles. The van der Waals surface area contributed by atoms with Gasteiger partial charge in [0.25, 0.3) is 5.91 Å². The van der Waals surface area contributed by atoms with Crippen molar-refractivity contribution in [2.75, 3.05) is 5.32 Å². The van der Waals surface area contributed by atoms with Gasteiger partial charge >= 0.3 is 0 Å². The predicted octanol–water partition coefficient (Wildman–Crippen LogP) is 5.04. The van der Waals surface area contributed by atoms with Crippen molar-refractivity contribution in [1.82, 2.24) is 10.6 Å². The van der Waals surface area contributed by atoms with Crippen LogP contribution in [0.25, 0.3) is 0 Å². The second kappa shape index (κ2) is 7.89. The van der Waals surface area contributed by atoms with Crippen LogP contribution in [-0.4, -0.2) is 11.0 Å². The number of aryl methyl sites for hydroxylation is 2. The number of halogens is 2. The summed E-state index contributed by atoms with van der Waals surface area (Å²) >= 11 is 17.7. The fraction of sp³-hybridized carbons (Fsp3) is 0.200. The molecule has 0 radical (unpaired) electrons. The fourth-order valence-electron chi connectivity index (χ4n) is 3.11. The SMILES string of the molecule is CC1=C(C(=O)Nc2ccc(C)cc2C)C(c2ccc(Cl)cc2Cl)NC(=S)N1. The highest BCUT2D eigenvalue weighted by Crippen LogP contribution is 2.34. The summed E-state index contributed by atoms with van der Waals surface area (Å²) in [6, 6.07) is 10.6. The Hall–Kier alpha value is -2.08. The van der Waals surface area contributed by atoms with E-state index in [0.29, 0.717) is 26.4 Å². The third-order valence-electron chi connectivity index (χ3n) is 4.42. The lowest BCUT2D eigenvalue weighted by molar-refractivity contribution is -0.113. The number of anilines is 1. The van der Waals surface area contributed by atoms with Gasteiger partial charge in [0.2, 0.25) is 0 Å². The highest BCUT2D eigenvalue weighted by atomic mass is 35.5. The van der Waals surface area contributed by atoms with Gasteiger partial charge in [-0.3, -0.25) is 4.79 Å². The maximum atomic E-state index is 13.1. The number of thiocarbonyl (C=S) groups is 1. The van der Waals surface area contributed by atoms with E-state index >= 15 is 0 Å². The Bertz CT molecular complexity index is 972. The lowest BCUT2D eigenvalue weighted by Crippen LogP contribution is -2.45. The predicted molar refractivity (Wildman–Crippen MR) is 115 cm³/mol. The molecule has 0 spiro atoms. The first-order chi connectivity index (χ1) is 12.8. The average Bonchev–Trinajstić information content (AvgIpc) is 2.56. The molecular weight excluding hydrogens is 401 g/mol. The molecule has 0 saturated carbocycles. The topological polar surface area (TPSA) is 53.2 Å². The van der Waals surface area contributed by atoms with E-state index in [1.807, 2.05) is 39.0 Å². The first kappa shape index (κ1) is 19.7. The molecule has 27 heavy (non-hydrogen) atoms. The zero-order valence-corrected chi connectivity index (χ0v) is 17.4. The third-order valence-corrected chi connectivity index (χ3v) is 5.20. The molecular formula is C20H19Cl2N3OS. The zero-order valence-electron chi connectivity index (χ0n) is 15.1. The lowest BCUT2D eigenvalue weighted by Gasteiger charge is -2.31. The Labute approximate surface area is 173 Å². The van der Waals surface area contributed by atoms with E-state index in [0.717, 1.165) is 22.4 Å². The van der Waals surface area contributed by atoms with Gasteiger partial charge in [-0.2, -0.15) is 0 Å². The van der Waals surface area contributed by atoms with Gasteiger partial charge < -0.3 is 16.0 Å². The summed E-state index contributed by atoms with van der Waals surface area (Å²) in [5.41, 5.74) is 4.83. The Morgan fingerprint density at radius 1 is 1.11 bits per heavy atom. The quantitative estimate of drug-likeness (QED) is 0.609. The van der Waals surface area contributed by atoms with Crippen molar-refractivity contribution in [3.05, 3.63) is 74.4 Å². The molecule has 1 unspecified atom stereocenters. The van der Waals surface area contributed by atoms with Gasteiger partial charge in [-0.25, -0.2) is 0 Å². The first-order valence-electron chi connectivity index (χ1n) is 8.38. The van der Waals surface area contributed by atoms with Gasteiger partial charge in [-0.15, -0.1) is 0 Å². The second-order valence-electron chi connectivity index (χ2n) is 6.51. The minimum atomic E-state index is -0.478. The molecule has 7 heteroatoms. The molecule has 1 aliphatic heterocycles. The van der Waals surface area contributed by atoms with Crippen LogP contribution in [0.15, 0.2) is 47.7 Å². The van der Waals surface area contributed by atoms with Gasteiger partial charge in [0.15, 0.2) is 5.11 Å². The summed E-state index contributed by atoms with van der Waals surface area (Å²) in [7, 11) is 0. The number of amides is 1. The second-order valence-corrected chi connectivity index (χ2v) is 7.76. The molecule has 2 aromatic rings. The molecule has 0 aliphatic carbocycles. The summed E-state index contributed by atoms with van der Waals surface area (Å²) in [4.78, 5) is 13.1. The van der Waals surface area contributed by atoms with E-state index in [1.165, 1.54) is 0 Å². The Balaban J connectivity index is 1.99. The standard InChI is InChI=1S/C20H19Cl2N3OS/c1-10-4-7-16(11(2)8-10)24-19(26)17-12(3)23-20(27)25-18(17)14-6-5-13(21)9-15(14)22/h4-9,18H,1-3H3,(H,24,26)(H2,23,25,27). The summed E-state index contributed by atoms with van der Waals surface area (Å²) in [5.74, 6) is -0.224. The number of carbonyl (C=O) groups is 1. The van der Waals surface area contributed by atoms with Crippen LogP contribution in [0.2, 0.25) is 10.0 Å². The van der Waals surface area contributed by atoms with E-state index < -0.39 is 6.04 Å². The Morgan fingerprint density at radius 3 is 2.52 bits per heavy atom. The zero-order chi connectivity index (χ0) is 19.7. The fourth-order valence-corrected chi connectivity index (χ4v) is 3.90. The molecule has 3 N–H and O–H groups in total. The summed E-state index contributed by atoms with van der Waals surface area (Å²) in [5, 5.41) is 10.6. The van der Waals surface area contributed by atoms with E-state index in [-0.39, 0.29) is 5.91 Å². The largest absolute Gasteiger partial charge is 0.351 e. The van der Waals surface area contributed by atoms with Gasteiger partial charge in [0, 0.05) is 21.4 Å². The van der Waals surface area contributed by atoms with Crippen molar-refractivity contribution in [2.24, 2.45) is 0 Å². The number of nitrogens with one attached hydrogen (secondary N) is 3. The summed E-state index contributed by atoms with van der Waals surface area (Å²) in [6.07, 6.45) is 0. The third kappa shape index (κ3) is 4.26. The molecule has 0 aromatic heterocycles. The summed E-state index contributed by atoms with van der Waals surface area (Å²) in [6.45, 7) is 5.80. The Kier molecular flexibility index (Phi) is 5.75. The van der Waals surface area contributed by atoms with Crippen LogP contribution < -0.4 is 16.0 Å². The van der Waals surface area contributed by atoms with Crippen LogP contribution in [0.4, 0.5) is 5.69 Å². The monoisotopic (exact) mass is 419 g/mol. The normalized spacial score (nSPS) is 16.6. The molecule has 0 saturated heterocycles. The number of benzene rings is 2. The van der Waals surface area contributed by atoms with Gasteiger partial charge in [-0.05, 0) is 62.3 Å². The molecule has 3 rings (SSSR count). The molecule has 0 fully saturated rings. The van der Waals surface area contributed by atoms with Crippen LogP contribution in [-0.2, 0) is 4.79 Å². The number of hydrogen-bond donors (Lipinski definition) is 3. The molecule has 2 aromatic carbocycles. The molecule has 1 amide bonds. The van der Waals surface area contributed by atoms with Gasteiger partial charge in [-0.1, -0.05) is 47.0 Å². The van der Waals surface area contributed by atoms with Crippen LogP contribution >= 0.6 is 35.4 Å². The molecule has 0 bridgehead atoms. The molecule has 1 aliphatic rings. The highest BCUT2D eigenvalue weighted by Gasteiger charge is 2.31. The minimum absolute atomic E-state index is 0.224. The van der Waals surface area contributed by atoms with Gasteiger partial charge in [0.05, 0.1) is 11.6 Å². The molecule has 1 atom stereocenters. The number of rotatable bonds is 3. The maximum Gasteiger partial charge on any atom is 0.255 e. The number of hydrogen-bond acceptors (Lipinski definition) is 2. The minimum Gasteiger partial charge on any atom is -0.351 e. The van der Waals surface area contributed by atoms with E-state index in [9.17, 15) is 4.79 Å². The van der Waals surface area contributed by atoms with E-state index in [1.54, 1.807) is 18.2 Å². The maximum absolute atomic E-state index is 13.1. The summed E-state index contributed by atoms with van der Waals surface area (Å²) < 4.78 is 0. The van der Waals surface area contributed by atoms with Crippen molar-refractivity contribution in [3.8, 4) is 0 Å². The van der Waals surface area contributed by atoms with Crippen molar-refractivity contribution in [3.63, 3.8) is 0 Å². The number of carbonyl (C=O) groups excluding carboxylic acids is 1. The molecule has 140 valence electrons. The number of allylic oxidation sites excluding steroid dienone is 1. The van der Waals surface area contributed by atoms with Crippen LogP contribution in [0.5, 0.6) is 0 Å². The van der Waals surface area contributed by atoms with Crippen molar-refractivity contribution in [1.29, 1.82) is 0 Å². The van der Waals surface area contributed by atoms with E-state index in [4.69, 9.17) is 35.4 Å². The first-order valence-corrected chi connectivity index (χ1v) is 9.54. The smallest absolute Gasteiger partial charge is 0.255 e. The van der Waals surface area contributed by atoms with Crippen molar-refractivity contribution < 1.29 is 4.79 Å². The van der Waals surface area contributed by atoms with Crippen LogP contribution in [0.1, 0.15) is 29.7 Å². The van der Waals surface area contributed by atoms with Crippen LogP contribution in [0.3, 0.4) is 0 Å². The van der Waals surface area contributed by atoms with Gasteiger partial charge in [0.1, 0.15) is 0 Å². The lowest BCUT2D eigenvalue weighted by atomic mass is 9.94. The average molecular weight is 420 g/mol. The van der Waals surface area contributed by atoms with E-state index in [2.05, 4.69) is 16.0 Å². The van der Waals surface area contributed by atoms with Crippen molar-refractivity contribution >= 4 is 52.1 Å². The highest BCUT2D eigenvalue weighted by molar-refractivity contribution is 7.80.